The number of esters is 1. The van der Waals surface area contributed by atoms with Gasteiger partial charge in [-0.3, -0.25) is 14.4 Å². The van der Waals surface area contributed by atoms with Gasteiger partial charge in [0.15, 0.2) is 0 Å². The highest BCUT2D eigenvalue weighted by atomic mass is 16.5. The van der Waals surface area contributed by atoms with Gasteiger partial charge in [0.2, 0.25) is 5.91 Å². The van der Waals surface area contributed by atoms with E-state index in [4.69, 9.17) is 9.84 Å². The maximum absolute atomic E-state index is 12.7. The number of rotatable bonds is 35. The molecule has 0 saturated heterocycles. The Labute approximate surface area is 278 Å². The third kappa shape index (κ3) is 34.9. The van der Waals surface area contributed by atoms with Crippen molar-refractivity contribution in [3.63, 3.8) is 0 Å². The predicted molar refractivity (Wildman–Crippen MR) is 190 cm³/mol. The molecule has 6 nitrogen and oxygen atoms in total. The number of nitrogens with one attached hydrogen (secondary N) is 1. The van der Waals surface area contributed by atoms with E-state index in [1.165, 1.54) is 116 Å². The monoisotopic (exact) mass is 636 g/mol. The minimum atomic E-state index is -1.02. The average molecular weight is 636 g/mol. The summed E-state index contributed by atoms with van der Waals surface area (Å²) in [5, 5.41) is 11.1. The van der Waals surface area contributed by atoms with Gasteiger partial charge in [0, 0.05) is 12.8 Å². The highest BCUT2D eigenvalue weighted by Crippen LogP contribution is 2.19. The Morgan fingerprint density at radius 2 is 0.956 bits per heavy atom. The fourth-order valence-electron chi connectivity index (χ4n) is 5.80. The Hall–Kier alpha value is -1.85. The third-order valence-corrected chi connectivity index (χ3v) is 8.69. The number of carboxylic acids is 1. The number of unbranched alkanes of at least 4 members (excludes halogenated alkanes) is 22. The standard InChI is InChI=1S/C39H73NO5/c1-3-5-7-9-11-13-15-17-19-21-26-30-34-39(44)45-36(31-27-23-20-18-16-14-12-10-8-6-4-2)32-28-24-22-25-29-33-37(41)40-35-38(42)43/h11,13,36H,3-10,12,14-35H2,1-2H3,(H,40,41)(H,42,43)/b13-11-. The third-order valence-electron chi connectivity index (χ3n) is 8.69. The van der Waals surface area contributed by atoms with E-state index in [1.807, 2.05) is 0 Å². The second kappa shape index (κ2) is 35.0. The highest BCUT2D eigenvalue weighted by Gasteiger charge is 2.14. The summed E-state index contributed by atoms with van der Waals surface area (Å²) in [6.45, 7) is 4.20. The zero-order chi connectivity index (χ0) is 33.1. The molecule has 2 N–H and O–H groups in total. The zero-order valence-electron chi connectivity index (χ0n) is 29.7. The van der Waals surface area contributed by atoms with Gasteiger partial charge in [-0.15, -0.1) is 0 Å². The van der Waals surface area contributed by atoms with Crippen LogP contribution in [0.2, 0.25) is 0 Å². The Balaban J connectivity index is 4.17. The summed E-state index contributed by atoms with van der Waals surface area (Å²) in [7, 11) is 0. The fourth-order valence-corrected chi connectivity index (χ4v) is 5.80. The summed E-state index contributed by atoms with van der Waals surface area (Å²) in [4.78, 5) is 34.9. The lowest BCUT2D eigenvalue weighted by Gasteiger charge is -2.18. The van der Waals surface area contributed by atoms with Gasteiger partial charge in [0.05, 0.1) is 0 Å². The molecule has 0 heterocycles. The van der Waals surface area contributed by atoms with Crippen LogP contribution in [0.4, 0.5) is 0 Å². The number of carbonyl (C=O) groups is 3. The van der Waals surface area contributed by atoms with E-state index >= 15 is 0 Å². The molecule has 0 aliphatic carbocycles. The van der Waals surface area contributed by atoms with E-state index in [-0.39, 0.29) is 24.5 Å². The minimum absolute atomic E-state index is 0.0227. The van der Waals surface area contributed by atoms with Crippen LogP contribution in [0.1, 0.15) is 206 Å². The molecule has 1 atom stereocenters. The van der Waals surface area contributed by atoms with E-state index in [0.717, 1.165) is 64.2 Å². The van der Waals surface area contributed by atoms with Gasteiger partial charge in [0.1, 0.15) is 12.6 Å². The Bertz CT molecular complexity index is 708. The molecule has 0 radical (unpaired) electrons. The van der Waals surface area contributed by atoms with Crippen molar-refractivity contribution in [3.05, 3.63) is 12.2 Å². The van der Waals surface area contributed by atoms with Crippen LogP contribution in [-0.4, -0.2) is 35.6 Å². The molecule has 0 rings (SSSR count). The lowest BCUT2D eigenvalue weighted by molar-refractivity contribution is -0.150. The average Bonchev–Trinajstić information content (AvgIpc) is 3.02. The molecule has 45 heavy (non-hydrogen) atoms. The summed E-state index contributed by atoms with van der Waals surface area (Å²) in [5.41, 5.74) is 0. The zero-order valence-corrected chi connectivity index (χ0v) is 29.7. The quantitative estimate of drug-likeness (QED) is 0.0410. The van der Waals surface area contributed by atoms with Crippen LogP contribution in [0.25, 0.3) is 0 Å². The lowest BCUT2D eigenvalue weighted by atomic mass is 10.0. The topological polar surface area (TPSA) is 92.7 Å². The van der Waals surface area contributed by atoms with E-state index in [0.29, 0.717) is 12.8 Å². The predicted octanol–water partition coefficient (Wildman–Crippen LogP) is 11.4. The van der Waals surface area contributed by atoms with Crippen molar-refractivity contribution in [1.82, 2.24) is 5.32 Å². The van der Waals surface area contributed by atoms with Gasteiger partial charge >= 0.3 is 11.9 Å². The summed E-state index contributed by atoms with van der Waals surface area (Å²) in [6.07, 6.45) is 38.9. The second-order valence-corrected chi connectivity index (χ2v) is 13.2. The maximum atomic E-state index is 12.7. The summed E-state index contributed by atoms with van der Waals surface area (Å²) in [5.74, 6) is -1.23. The lowest BCUT2D eigenvalue weighted by Crippen LogP contribution is -2.28. The highest BCUT2D eigenvalue weighted by molar-refractivity contribution is 5.80. The van der Waals surface area contributed by atoms with Crippen LogP contribution in [0.15, 0.2) is 12.2 Å². The van der Waals surface area contributed by atoms with Crippen molar-refractivity contribution in [2.45, 2.75) is 213 Å². The van der Waals surface area contributed by atoms with Crippen LogP contribution in [0, 0.1) is 0 Å². The first-order chi connectivity index (χ1) is 22.0. The smallest absolute Gasteiger partial charge is 0.322 e. The molecule has 264 valence electrons. The van der Waals surface area contributed by atoms with Crippen LogP contribution < -0.4 is 5.32 Å². The molecule has 0 spiro atoms. The van der Waals surface area contributed by atoms with Crippen molar-refractivity contribution >= 4 is 17.8 Å². The van der Waals surface area contributed by atoms with Crippen molar-refractivity contribution in [2.75, 3.05) is 6.54 Å². The first-order valence-electron chi connectivity index (χ1n) is 19.3. The first kappa shape index (κ1) is 43.1. The molecule has 0 bridgehead atoms. The molecular formula is C39H73NO5. The van der Waals surface area contributed by atoms with Crippen molar-refractivity contribution < 1.29 is 24.2 Å². The van der Waals surface area contributed by atoms with Crippen LogP contribution in [0.5, 0.6) is 0 Å². The number of ether oxygens (including phenoxy) is 1. The Kier molecular flexibility index (Phi) is 33.6. The summed E-state index contributed by atoms with van der Waals surface area (Å²) >= 11 is 0. The molecule has 0 saturated carbocycles. The summed E-state index contributed by atoms with van der Waals surface area (Å²) in [6, 6.07) is 0. The van der Waals surface area contributed by atoms with Crippen molar-refractivity contribution in [1.29, 1.82) is 0 Å². The normalized spacial score (nSPS) is 12.0. The first-order valence-corrected chi connectivity index (χ1v) is 19.3. The molecule has 0 aliphatic heterocycles. The van der Waals surface area contributed by atoms with E-state index in [1.54, 1.807) is 0 Å². The number of carbonyl (C=O) groups excluding carboxylic acids is 2. The Morgan fingerprint density at radius 3 is 1.47 bits per heavy atom. The van der Waals surface area contributed by atoms with Crippen LogP contribution in [-0.2, 0) is 19.1 Å². The molecule has 0 aromatic heterocycles. The number of carboxylic acid groups (broad SMARTS) is 1. The molecular weight excluding hydrogens is 562 g/mol. The largest absolute Gasteiger partial charge is 0.480 e. The summed E-state index contributed by atoms with van der Waals surface area (Å²) < 4.78 is 6.00. The molecule has 0 fully saturated rings. The second-order valence-electron chi connectivity index (χ2n) is 13.2. The molecule has 1 amide bonds. The van der Waals surface area contributed by atoms with Crippen molar-refractivity contribution in [2.24, 2.45) is 0 Å². The minimum Gasteiger partial charge on any atom is -0.480 e. The Morgan fingerprint density at radius 1 is 0.556 bits per heavy atom. The van der Waals surface area contributed by atoms with Gasteiger partial charge in [0.25, 0.3) is 0 Å². The SMILES string of the molecule is CCCCC/C=C\CCCCCCCC(=O)OC(CCCCCCCCCCCCC)CCCCCCCC(=O)NCC(=O)O. The molecule has 0 aromatic carbocycles. The van der Waals surface area contributed by atoms with Crippen LogP contribution in [0.3, 0.4) is 0 Å². The number of hydrogen-bond acceptors (Lipinski definition) is 4. The number of hydrogen-bond donors (Lipinski definition) is 2. The van der Waals surface area contributed by atoms with Gasteiger partial charge in [-0.2, -0.15) is 0 Å². The van der Waals surface area contributed by atoms with E-state index in [9.17, 15) is 14.4 Å². The van der Waals surface area contributed by atoms with Crippen molar-refractivity contribution in [3.8, 4) is 0 Å². The van der Waals surface area contributed by atoms with Gasteiger partial charge in [-0.1, -0.05) is 142 Å². The van der Waals surface area contributed by atoms with Crippen LogP contribution >= 0.6 is 0 Å². The number of aliphatic carboxylic acids is 1. The molecule has 6 heteroatoms. The van der Waals surface area contributed by atoms with E-state index < -0.39 is 5.97 Å². The van der Waals surface area contributed by atoms with Gasteiger partial charge < -0.3 is 15.2 Å². The fraction of sp³-hybridized carbons (Fsp3) is 0.872. The maximum Gasteiger partial charge on any atom is 0.322 e. The molecule has 0 aromatic rings. The van der Waals surface area contributed by atoms with E-state index in [2.05, 4.69) is 31.3 Å². The number of allylic oxidation sites excluding steroid dienone is 2. The number of amides is 1. The van der Waals surface area contributed by atoms with Gasteiger partial charge in [-0.05, 0) is 64.2 Å². The van der Waals surface area contributed by atoms with Gasteiger partial charge in [-0.25, -0.2) is 0 Å². The molecule has 0 aliphatic rings. The molecule has 1 unspecified atom stereocenters.